The predicted octanol–water partition coefficient (Wildman–Crippen LogP) is 5.96. The molecule has 2 aromatic rings. The Morgan fingerprint density at radius 3 is 1.62 bits per heavy atom. The van der Waals surface area contributed by atoms with Gasteiger partial charge in [0, 0.05) is 0 Å². The molecule has 0 spiro atoms. The van der Waals surface area contributed by atoms with Crippen LogP contribution >= 0.6 is 31.9 Å². The maximum atomic E-state index is 3.53. The second-order valence-corrected chi connectivity index (χ2v) is 8.34. The summed E-state index contributed by atoms with van der Waals surface area (Å²) in [5, 5.41) is 1.36. The van der Waals surface area contributed by atoms with Gasteiger partial charge < -0.3 is 0 Å². The Hall–Kier alpha value is -0.0416. The molecule has 0 N–H and O–H groups in total. The topological polar surface area (TPSA) is 0 Å². The van der Waals surface area contributed by atoms with Gasteiger partial charge in [0.15, 0.2) is 0 Å². The van der Waals surface area contributed by atoms with Crippen LogP contribution in [0, 0.1) is 0 Å². The zero-order valence-electron chi connectivity index (χ0n) is 12.1. The summed E-state index contributed by atoms with van der Waals surface area (Å²) in [6.07, 6.45) is 5.26. The summed E-state index contributed by atoms with van der Waals surface area (Å²) in [6, 6.07) is 17.6. The molecule has 0 saturated carbocycles. The van der Waals surface area contributed by atoms with E-state index in [1.807, 2.05) is 16.9 Å². The number of hydrogen-bond donors (Lipinski definition) is 0. The van der Waals surface area contributed by atoms with Gasteiger partial charge in [-0.25, -0.2) is 0 Å². The van der Waals surface area contributed by atoms with Crippen molar-refractivity contribution in [2.75, 3.05) is 0 Å². The first-order chi connectivity index (χ1) is 10.2. The molecule has 1 atom stereocenters. The van der Waals surface area contributed by atoms with Crippen molar-refractivity contribution in [1.29, 1.82) is 0 Å². The number of hydrogen-bond acceptors (Lipinski definition) is 0. The molecule has 1 unspecified atom stereocenters. The van der Waals surface area contributed by atoms with Gasteiger partial charge in [0.25, 0.3) is 0 Å². The fourth-order valence-corrected chi connectivity index (χ4v) is 3.72. The van der Waals surface area contributed by atoms with E-state index >= 15 is 0 Å². The predicted molar refractivity (Wildman–Crippen MR) is 102 cm³/mol. The summed E-state index contributed by atoms with van der Waals surface area (Å²) in [4.78, 5) is 0. The van der Waals surface area contributed by atoms with Gasteiger partial charge in [0.05, 0.1) is 0 Å². The van der Waals surface area contributed by atoms with E-state index in [0.29, 0.717) is 5.92 Å². The second-order valence-electron chi connectivity index (χ2n) is 5.29. The van der Waals surface area contributed by atoms with Crippen molar-refractivity contribution >= 4 is 48.7 Å². The van der Waals surface area contributed by atoms with Gasteiger partial charge in [-0.05, 0) is 0 Å². The zero-order chi connectivity index (χ0) is 15.1. The molecule has 2 rings (SSSR count). The van der Waals surface area contributed by atoms with E-state index in [1.54, 1.807) is 0 Å². The summed E-state index contributed by atoms with van der Waals surface area (Å²) < 4.78 is 2.29. The van der Waals surface area contributed by atoms with Crippen molar-refractivity contribution < 1.29 is 0 Å². The first-order valence-electron chi connectivity index (χ1n) is 7.41. The van der Waals surface area contributed by atoms with Crippen molar-refractivity contribution in [3.05, 3.63) is 68.6 Å². The van der Waals surface area contributed by atoms with Crippen LogP contribution in [-0.2, 0) is 0 Å². The molecule has 112 valence electrons. The molecule has 0 amide bonds. The van der Waals surface area contributed by atoms with Crippen molar-refractivity contribution in [2.24, 2.45) is 0 Å². The molecule has 0 radical (unpaired) electrons. The van der Waals surface area contributed by atoms with Crippen LogP contribution < -0.4 is 0 Å². The van der Waals surface area contributed by atoms with Crippen LogP contribution in [0.5, 0.6) is 0 Å². The minimum absolute atomic E-state index is 0.508. The molecule has 0 saturated heterocycles. The van der Waals surface area contributed by atoms with Crippen LogP contribution in [0.15, 0.2) is 57.5 Å². The van der Waals surface area contributed by atoms with Crippen LogP contribution in [0.2, 0.25) is 5.21 Å². The Morgan fingerprint density at radius 1 is 0.714 bits per heavy atom. The van der Waals surface area contributed by atoms with E-state index in [4.69, 9.17) is 0 Å². The molecule has 0 aromatic heterocycles. The number of halogens is 2. The average Bonchev–Trinajstić information content (AvgIpc) is 2.50. The number of unbranched alkanes of at least 4 members (excludes halogenated alkanes) is 2. The SMILES string of the molecule is [AsH2]CCCCCC(c1ccc(Br)cc1)c1ccc(Br)cc1. The normalized spacial score (nSPS) is 11.0. The Balaban J connectivity index is 2.17. The summed E-state index contributed by atoms with van der Waals surface area (Å²) >= 11 is 8.91. The molecule has 0 nitrogen and oxygen atoms in total. The van der Waals surface area contributed by atoms with Crippen molar-refractivity contribution in [3.8, 4) is 0 Å². The molecule has 3 heteroatoms. The third kappa shape index (κ3) is 5.58. The van der Waals surface area contributed by atoms with Crippen LogP contribution in [0.3, 0.4) is 0 Å². The molecule has 0 aliphatic heterocycles. The summed E-state index contributed by atoms with van der Waals surface area (Å²) in [6.45, 7) is 0. The Kier molecular flexibility index (Phi) is 7.57. The van der Waals surface area contributed by atoms with E-state index in [1.165, 1.54) is 42.0 Å². The van der Waals surface area contributed by atoms with Crippen molar-refractivity contribution in [1.82, 2.24) is 0 Å². The quantitative estimate of drug-likeness (QED) is 0.345. The molecular weight excluding hydrogens is 451 g/mol. The van der Waals surface area contributed by atoms with Gasteiger partial charge in [-0.1, -0.05) is 0 Å². The third-order valence-corrected chi connectivity index (χ3v) is 5.66. The summed E-state index contributed by atoms with van der Waals surface area (Å²) in [5.41, 5.74) is 2.84. The maximum absolute atomic E-state index is 3.53. The summed E-state index contributed by atoms with van der Waals surface area (Å²) in [7, 11) is 0. The molecule has 0 aliphatic carbocycles. The van der Waals surface area contributed by atoms with E-state index < -0.39 is 0 Å². The third-order valence-electron chi connectivity index (χ3n) is 3.74. The van der Waals surface area contributed by atoms with Crippen LogP contribution in [0.25, 0.3) is 0 Å². The standard InChI is InChI=1S/C18H21AsBr2/c19-13-3-1-2-4-18(14-5-9-16(20)10-6-14)15-7-11-17(21)12-8-15/h5-12,18H,1-4,13,19H2. The monoisotopic (exact) mass is 470 g/mol. The van der Waals surface area contributed by atoms with Gasteiger partial charge in [-0.2, -0.15) is 0 Å². The van der Waals surface area contributed by atoms with Crippen LogP contribution in [-0.4, -0.2) is 16.9 Å². The minimum atomic E-state index is 0.508. The Labute approximate surface area is 153 Å². The average molecular weight is 472 g/mol. The fraction of sp³-hybridized carbons (Fsp3) is 0.333. The first kappa shape index (κ1) is 17.3. The van der Waals surface area contributed by atoms with Crippen molar-refractivity contribution in [3.63, 3.8) is 0 Å². The first-order valence-corrected chi connectivity index (χ1v) is 10.7. The molecule has 0 heterocycles. The van der Waals surface area contributed by atoms with Crippen LogP contribution in [0.4, 0.5) is 0 Å². The number of rotatable bonds is 7. The van der Waals surface area contributed by atoms with Crippen LogP contribution in [0.1, 0.15) is 42.7 Å². The Bertz CT molecular complexity index is 489. The zero-order valence-corrected chi connectivity index (χ0v) is 17.7. The van der Waals surface area contributed by atoms with Crippen molar-refractivity contribution in [2.45, 2.75) is 36.8 Å². The molecule has 0 fully saturated rings. The van der Waals surface area contributed by atoms with E-state index in [0.717, 1.165) is 8.95 Å². The van der Waals surface area contributed by atoms with Gasteiger partial charge in [0.1, 0.15) is 0 Å². The fourth-order valence-electron chi connectivity index (χ4n) is 2.59. The van der Waals surface area contributed by atoms with Gasteiger partial charge in [0.2, 0.25) is 0 Å². The number of benzene rings is 2. The van der Waals surface area contributed by atoms with Gasteiger partial charge in [-0.3, -0.25) is 0 Å². The molecule has 0 aliphatic rings. The van der Waals surface area contributed by atoms with E-state index in [2.05, 4.69) is 80.4 Å². The van der Waals surface area contributed by atoms with Gasteiger partial charge in [-0.15, -0.1) is 0 Å². The van der Waals surface area contributed by atoms with E-state index in [9.17, 15) is 0 Å². The molecule has 21 heavy (non-hydrogen) atoms. The summed E-state index contributed by atoms with van der Waals surface area (Å²) in [5.74, 6) is 0.508. The molecular formula is C18H21AsBr2. The molecule has 0 bridgehead atoms. The van der Waals surface area contributed by atoms with E-state index in [-0.39, 0.29) is 0 Å². The molecule has 2 aromatic carbocycles. The Morgan fingerprint density at radius 2 is 1.19 bits per heavy atom. The second kappa shape index (κ2) is 9.18. The van der Waals surface area contributed by atoms with Gasteiger partial charge >= 0.3 is 154 Å².